The normalized spacial score (nSPS) is 12.8. The predicted octanol–water partition coefficient (Wildman–Crippen LogP) is 3.67. The first-order valence-electron chi connectivity index (χ1n) is 7.99. The van der Waals surface area contributed by atoms with Crippen LogP contribution in [0.1, 0.15) is 25.5 Å². The standard InChI is InChI=1S/C19H19ClFNO4/c1-12(14-4-3-5-15(20)10-14)22-18(23)11-25-19(24)13(2)26-17-8-6-16(21)7-9-17/h3-10,12-13H,11H2,1-2H3,(H,22,23)/t12-,13-/m1/s1. The van der Waals surface area contributed by atoms with E-state index in [0.29, 0.717) is 10.8 Å². The van der Waals surface area contributed by atoms with E-state index in [1.807, 2.05) is 6.07 Å². The van der Waals surface area contributed by atoms with Crippen molar-refractivity contribution >= 4 is 23.5 Å². The molecule has 26 heavy (non-hydrogen) atoms. The van der Waals surface area contributed by atoms with Crippen LogP contribution in [0.15, 0.2) is 48.5 Å². The van der Waals surface area contributed by atoms with Gasteiger partial charge in [-0.3, -0.25) is 4.79 Å². The Kier molecular flexibility index (Phi) is 6.97. The van der Waals surface area contributed by atoms with Crippen molar-refractivity contribution in [1.82, 2.24) is 5.32 Å². The minimum Gasteiger partial charge on any atom is -0.479 e. The summed E-state index contributed by atoms with van der Waals surface area (Å²) in [4.78, 5) is 23.8. The summed E-state index contributed by atoms with van der Waals surface area (Å²) in [6.45, 7) is 2.85. The molecular formula is C19H19ClFNO4. The van der Waals surface area contributed by atoms with Gasteiger partial charge >= 0.3 is 5.97 Å². The average Bonchev–Trinajstić information content (AvgIpc) is 2.61. The van der Waals surface area contributed by atoms with Crippen molar-refractivity contribution in [1.29, 1.82) is 0 Å². The van der Waals surface area contributed by atoms with Crippen LogP contribution in [-0.4, -0.2) is 24.6 Å². The Bertz CT molecular complexity index is 766. The first-order chi connectivity index (χ1) is 12.3. The highest BCUT2D eigenvalue weighted by molar-refractivity contribution is 6.30. The van der Waals surface area contributed by atoms with E-state index in [2.05, 4.69) is 5.32 Å². The third-order valence-electron chi connectivity index (χ3n) is 3.53. The van der Waals surface area contributed by atoms with E-state index < -0.39 is 30.4 Å². The number of ether oxygens (including phenoxy) is 2. The lowest BCUT2D eigenvalue weighted by atomic mass is 10.1. The molecule has 0 aliphatic carbocycles. The van der Waals surface area contributed by atoms with E-state index in [4.69, 9.17) is 21.1 Å². The number of nitrogens with one attached hydrogen (secondary N) is 1. The van der Waals surface area contributed by atoms with Crippen LogP contribution in [0.4, 0.5) is 4.39 Å². The minimum atomic E-state index is -0.932. The molecule has 1 amide bonds. The highest BCUT2D eigenvalue weighted by Crippen LogP contribution is 2.17. The van der Waals surface area contributed by atoms with Crippen LogP contribution >= 0.6 is 11.6 Å². The van der Waals surface area contributed by atoms with E-state index >= 15 is 0 Å². The number of esters is 1. The van der Waals surface area contributed by atoms with Crippen molar-refractivity contribution in [3.05, 3.63) is 64.9 Å². The van der Waals surface area contributed by atoms with Gasteiger partial charge in [-0.15, -0.1) is 0 Å². The Labute approximate surface area is 156 Å². The Morgan fingerprint density at radius 1 is 1.15 bits per heavy atom. The molecule has 0 aliphatic rings. The molecule has 0 fully saturated rings. The number of hydrogen-bond donors (Lipinski definition) is 1. The van der Waals surface area contributed by atoms with Crippen molar-refractivity contribution in [3.8, 4) is 5.75 Å². The van der Waals surface area contributed by atoms with Crippen molar-refractivity contribution in [2.45, 2.75) is 26.0 Å². The quantitative estimate of drug-likeness (QED) is 0.745. The molecule has 0 saturated carbocycles. The van der Waals surface area contributed by atoms with Crippen LogP contribution in [0.3, 0.4) is 0 Å². The maximum atomic E-state index is 12.8. The highest BCUT2D eigenvalue weighted by Gasteiger charge is 2.18. The molecule has 0 saturated heterocycles. The molecule has 0 aliphatic heterocycles. The zero-order valence-corrected chi connectivity index (χ0v) is 15.1. The molecule has 0 bridgehead atoms. The van der Waals surface area contributed by atoms with Gasteiger partial charge in [0.2, 0.25) is 0 Å². The molecule has 2 aromatic carbocycles. The van der Waals surface area contributed by atoms with Gasteiger partial charge in [0.1, 0.15) is 11.6 Å². The van der Waals surface area contributed by atoms with Crippen molar-refractivity contribution < 1.29 is 23.5 Å². The molecule has 2 atom stereocenters. The Hall–Kier alpha value is -2.60. The fourth-order valence-corrected chi connectivity index (χ4v) is 2.36. The lowest BCUT2D eigenvalue weighted by Crippen LogP contribution is -2.34. The average molecular weight is 380 g/mol. The van der Waals surface area contributed by atoms with Gasteiger partial charge in [0.25, 0.3) is 5.91 Å². The lowest BCUT2D eigenvalue weighted by molar-refractivity contribution is -0.154. The third kappa shape index (κ3) is 6.04. The smallest absolute Gasteiger partial charge is 0.347 e. The van der Waals surface area contributed by atoms with Crippen LogP contribution in [0.25, 0.3) is 0 Å². The van der Waals surface area contributed by atoms with Gasteiger partial charge in [0, 0.05) is 5.02 Å². The number of amides is 1. The molecule has 0 unspecified atom stereocenters. The monoisotopic (exact) mass is 379 g/mol. The van der Waals surface area contributed by atoms with Crippen molar-refractivity contribution in [2.24, 2.45) is 0 Å². The van der Waals surface area contributed by atoms with Crippen LogP contribution < -0.4 is 10.1 Å². The summed E-state index contributed by atoms with van der Waals surface area (Å²) >= 11 is 5.92. The zero-order chi connectivity index (χ0) is 19.1. The largest absolute Gasteiger partial charge is 0.479 e. The SMILES string of the molecule is C[C@@H](Oc1ccc(F)cc1)C(=O)OCC(=O)N[C@H](C)c1cccc(Cl)c1. The summed E-state index contributed by atoms with van der Waals surface area (Å²) in [7, 11) is 0. The molecule has 0 aromatic heterocycles. The summed E-state index contributed by atoms with van der Waals surface area (Å²) in [6.07, 6.45) is -0.932. The molecule has 138 valence electrons. The van der Waals surface area contributed by atoms with Gasteiger partial charge in [-0.2, -0.15) is 0 Å². The number of hydrogen-bond acceptors (Lipinski definition) is 4. The van der Waals surface area contributed by atoms with Gasteiger partial charge in [0.15, 0.2) is 12.7 Å². The van der Waals surface area contributed by atoms with Crippen LogP contribution in [-0.2, 0) is 14.3 Å². The summed E-state index contributed by atoms with van der Waals surface area (Å²) in [5, 5.41) is 3.29. The topological polar surface area (TPSA) is 64.6 Å². The molecule has 2 aromatic rings. The van der Waals surface area contributed by atoms with Crippen molar-refractivity contribution in [2.75, 3.05) is 6.61 Å². The molecule has 5 nitrogen and oxygen atoms in total. The Morgan fingerprint density at radius 3 is 2.50 bits per heavy atom. The summed E-state index contributed by atoms with van der Waals surface area (Å²) in [6, 6.07) is 12.1. The molecule has 1 N–H and O–H groups in total. The number of carbonyl (C=O) groups excluding carboxylic acids is 2. The van der Waals surface area contributed by atoms with E-state index in [9.17, 15) is 14.0 Å². The van der Waals surface area contributed by atoms with Gasteiger partial charge in [-0.1, -0.05) is 23.7 Å². The molecular weight excluding hydrogens is 361 g/mol. The maximum Gasteiger partial charge on any atom is 0.347 e. The molecule has 7 heteroatoms. The summed E-state index contributed by atoms with van der Waals surface area (Å²) in [5.41, 5.74) is 0.838. The Balaban J connectivity index is 1.78. The lowest BCUT2D eigenvalue weighted by Gasteiger charge is -2.16. The van der Waals surface area contributed by atoms with Gasteiger partial charge in [-0.05, 0) is 55.8 Å². The van der Waals surface area contributed by atoms with E-state index in [-0.39, 0.29) is 6.04 Å². The molecule has 2 rings (SSSR count). The van der Waals surface area contributed by atoms with Crippen molar-refractivity contribution in [3.63, 3.8) is 0 Å². The van der Waals surface area contributed by atoms with Crippen LogP contribution in [0.5, 0.6) is 5.75 Å². The second kappa shape index (κ2) is 9.20. The zero-order valence-electron chi connectivity index (χ0n) is 14.4. The second-order valence-corrected chi connectivity index (χ2v) is 6.10. The van der Waals surface area contributed by atoms with Gasteiger partial charge in [-0.25, -0.2) is 9.18 Å². The molecule has 0 heterocycles. The highest BCUT2D eigenvalue weighted by atomic mass is 35.5. The molecule has 0 spiro atoms. The van der Waals surface area contributed by atoms with Gasteiger partial charge in [0.05, 0.1) is 6.04 Å². The van der Waals surface area contributed by atoms with Gasteiger partial charge < -0.3 is 14.8 Å². The summed E-state index contributed by atoms with van der Waals surface area (Å²) in [5.74, 6) is -1.22. The predicted molar refractivity (Wildman–Crippen MR) is 95.5 cm³/mol. The fourth-order valence-electron chi connectivity index (χ4n) is 2.16. The first kappa shape index (κ1) is 19.7. The first-order valence-corrected chi connectivity index (χ1v) is 8.36. The van der Waals surface area contributed by atoms with E-state index in [0.717, 1.165) is 5.56 Å². The number of halogens is 2. The van der Waals surface area contributed by atoms with Crippen LogP contribution in [0.2, 0.25) is 5.02 Å². The van der Waals surface area contributed by atoms with E-state index in [1.165, 1.54) is 31.2 Å². The van der Waals surface area contributed by atoms with Crippen LogP contribution in [0, 0.1) is 5.82 Å². The number of carbonyl (C=O) groups is 2. The minimum absolute atomic E-state index is 0.284. The molecule has 0 radical (unpaired) electrons. The number of benzene rings is 2. The fraction of sp³-hybridized carbons (Fsp3) is 0.263. The third-order valence-corrected chi connectivity index (χ3v) is 3.77. The summed E-state index contributed by atoms with van der Waals surface area (Å²) < 4.78 is 23.1. The van der Waals surface area contributed by atoms with E-state index in [1.54, 1.807) is 25.1 Å². The number of rotatable bonds is 7. The second-order valence-electron chi connectivity index (χ2n) is 5.67. The maximum absolute atomic E-state index is 12.8. The Morgan fingerprint density at radius 2 is 1.85 bits per heavy atom.